The number of nitriles is 2. The van der Waals surface area contributed by atoms with Gasteiger partial charge in [-0.15, -0.1) is 0 Å². The van der Waals surface area contributed by atoms with Crippen LogP contribution in [-0.4, -0.2) is 0 Å². The zero-order valence-electron chi connectivity index (χ0n) is 8.11. The van der Waals surface area contributed by atoms with Crippen LogP contribution in [0.5, 0.6) is 0 Å². The molecule has 4 heteroatoms. The minimum absolute atomic E-state index is 0.104. The molecule has 0 saturated heterocycles. The average molecular weight is 249 g/mol. The lowest BCUT2D eigenvalue weighted by Gasteiger charge is -1.96. The van der Waals surface area contributed by atoms with Crippen molar-refractivity contribution < 1.29 is 0 Å². The number of hydrogen-bond donors (Lipinski definition) is 0. The van der Waals surface area contributed by atoms with Crippen LogP contribution in [0.4, 0.5) is 0 Å². The number of halogens is 2. The van der Waals surface area contributed by atoms with Crippen LogP contribution in [0.3, 0.4) is 0 Å². The summed E-state index contributed by atoms with van der Waals surface area (Å²) in [5.41, 5.74) is 1.56. The van der Waals surface area contributed by atoms with Gasteiger partial charge in [0.25, 0.3) is 0 Å². The summed E-state index contributed by atoms with van der Waals surface area (Å²) < 4.78 is 0. The Hall–Kier alpha value is -1.74. The maximum Gasteiger partial charge on any atom is 0.118 e. The number of rotatable bonds is 2. The van der Waals surface area contributed by atoms with Crippen molar-refractivity contribution in [3.05, 3.63) is 45.5 Å². The quantitative estimate of drug-likeness (QED) is 0.746. The van der Waals surface area contributed by atoms with Gasteiger partial charge in [0.2, 0.25) is 0 Å². The zero-order chi connectivity index (χ0) is 12.0. The van der Waals surface area contributed by atoms with Crippen LogP contribution in [0.25, 0.3) is 12.2 Å². The van der Waals surface area contributed by atoms with Crippen LogP contribution in [0.1, 0.15) is 11.1 Å². The Balaban J connectivity index is 3.07. The van der Waals surface area contributed by atoms with E-state index in [1.165, 1.54) is 0 Å². The second kappa shape index (κ2) is 5.98. The van der Waals surface area contributed by atoms with E-state index >= 15 is 0 Å². The van der Waals surface area contributed by atoms with Gasteiger partial charge in [-0.1, -0.05) is 41.4 Å². The third-order valence-corrected chi connectivity index (χ3v) is 2.10. The first-order valence-corrected chi connectivity index (χ1v) is 5.06. The number of allylic oxidation sites excluding steroid dienone is 2. The highest BCUT2D eigenvalue weighted by Gasteiger charge is 1.95. The lowest BCUT2D eigenvalue weighted by atomic mass is 10.1. The first-order chi connectivity index (χ1) is 7.65. The SMILES string of the molecule is N#C/C(Cl)=C\c1cccc(/C=C(/Cl)C#N)c1. The highest BCUT2D eigenvalue weighted by atomic mass is 35.5. The first kappa shape index (κ1) is 12.3. The van der Waals surface area contributed by atoms with E-state index in [4.69, 9.17) is 33.7 Å². The molecule has 78 valence electrons. The third-order valence-electron chi connectivity index (χ3n) is 1.71. The summed E-state index contributed by atoms with van der Waals surface area (Å²) in [4.78, 5) is 0. The summed E-state index contributed by atoms with van der Waals surface area (Å²) in [6.07, 6.45) is 3.08. The van der Waals surface area contributed by atoms with Crippen LogP contribution in [0, 0.1) is 22.7 Å². The Morgan fingerprint density at radius 1 is 1.00 bits per heavy atom. The first-order valence-electron chi connectivity index (χ1n) is 4.30. The Morgan fingerprint density at radius 2 is 1.44 bits per heavy atom. The van der Waals surface area contributed by atoms with E-state index in [9.17, 15) is 0 Å². The molecule has 0 N–H and O–H groups in total. The van der Waals surface area contributed by atoms with Crippen molar-refractivity contribution >= 4 is 35.4 Å². The molecule has 0 spiro atoms. The largest absolute Gasteiger partial charge is 0.191 e. The van der Waals surface area contributed by atoms with Crippen LogP contribution in [-0.2, 0) is 0 Å². The van der Waals surface area contributed by atoms with E-state index in [0.29, 0.717) is 0 Å². The minimum Gasteiger partial charge on any atom is -0.191 e. The molecular weight excluding hydrogens is 243 g/mol. The molecule has 0 atom stereocenters. The Morgan fingerprint density at radius 3 is 1.81 bits per heavy atom. The van der Waals surface area contributed by atoms with Crippen molar-refractivity contribution in [3.8, 4) is 12.1 Å². The Labute approximate surface area is 104 Å². The normalized spacial score (nSPS) is 11.8. The predicted octanol–water partition coefficient (Wildman–Crippen LogP) is 3.89. The van der Waals surface area contributed by atoms with E-state index < -0.39 is 0 Å². The van der Waals surface area contributed by atoms with E-state index in [1.807, 2.05) is 12.1 Å². The molecule has 0 aliphatic rings. The van der Waals surface area contributed by atoms with Gasteiger partial charge in [-0.3, -0.25) is 0 Å². The fourth-order valence-corrected chi connectivity index (χ4v) is 1.35. The number of nitrogens with zero attached hydrogens (tertiary/aromatic N) is 2. The molecule has 1 aromatic carbocycles. The van der Waals surface area contributed by atoms with Gasteiger partial charge in [0.05, 0.1) is 0 Å². The van der Waals surface area contributed by atoms with Crippen molar-refractivity contribution in [3.63, 3.8) is 0 Å². The summed E-state index contributed by atoms with van der Waals surface area (Å²) >= 11 is 11.2. The second-order valence-corrected chi connectivity index (χ2v) is 3.69. The van der Waals surface area contributed by atoms with Gasteiger partial charge >= 0.3 is 0 Å². The lowest BCUT2D eigenvalue weighted by Crippen LogP contribution is -1.77. The second-order valence-electron chi connectivity index (χ2n) is 2.88. The zero-order valence-corrected chi connectivity index (χ0v) is 9.63. The van der Waals surface area contributed by atoms with Gasteiger partial charge in [0.1, 0.15) is 22.2 Å². The Bertz CT molecular complexity index is 485. The molecule has 0 aliphatic heterocycles. The van der Waals surface area contributed by atoms with Gasteiger partial charge in [-0.05, 0) is 29.3 Å². The fourth-order valence-electron chi connectivity index (χ4n) is 1.10. The maximum atomic E-state index is 8.52. The van der Waals surface area contributed by atoms with Crippen molar-refractivity contribution in [1.82, 2.24) is 0 Å². The number of hydrogen-bond acceptors (Lipinski definition) is 2. The van der Waals surface area contributed by atoms with E-state index in [-0.39, 0.29) is 10.1 Å². The van der Waals surface area contributed by atoms with Crippen LogP contribution in [0.2, 0.25) is 0 Å². The van der Waals surface area contributed by atoms with Crippen molar-refractivity contribution in [2.45, 2.75) is 0 Å². The predicted molar refractivity (Wildman–Crippen MR) is 65.3 cm³/mol. The van der Waals surface area contributed by atoms with Gasteiger partial charge in [0.15, 0.2) is 0 Å². The standard InChI is InChI=1S/C12H6Cl2N2/c13-11(7-15)5-9-2-1-3-10(4-9)6-12(14)8-16/h1-6H/b11-5+,12-6+. The Kier molecular flexibility index (Phi) is 4.61. The number of benzene rings is 1. The molecule has 0 bridgehead atoms. The summed E-state index contributed by atoms with van der Waals surface area (Å²) in [6.45, 7) is 0. The molecule has 0 fully saturated rings. The molecule has 2 nitrogen and oxygen atoms in total. The highest BCUT2D eigenvalue weighted by molar-refractivity contribution is 6.34. The molecule has 16 heavy (non-hydrogen) atoms. The molecule has 0 heterocycles. The summed E-state index contributed by atoms with van der Waals surface area (Å²) in [5.74, 6) is 0. The molecule has 1 aromatic rings. The molecule has 0 saturated carbocycles. The summed E-state index contributed by atoms with van der Waals surface area (Å²) in [6, 6.07) is 10.8. The molecule has 0 aliphatic carbocycles. The highest BCUT2D eigenvalue weighted by Crippen LogP contribution is 2.14. The van der Waals surface area contributed by atoms with Crippen molar-refractivity contribution in [2.75, 3.05) is 0 Å². The molecular formula is C12H6Cl2N2. The van der Waals surface area contributed by atoms with Crippen molar-refractivity contribution in [1.29, 1.82) is 10.5 Å². The summed E-state index contributed by atoms with van der Waals surface area (Å²) in [5, 5.41) is 17.3. The fraction of sp³-hybridized carbons (Fsp3) is 0. The molecule has 0 aromatic heterocycles. The molecule has 0 unspecified atom stereocenters. The average Bonchev–Trinajstić information content (AvgIpc) is 2.29. The third kappa shape index (κ3) is 3.79. The van der Waals surface area contributed by atoms with Crippen LogP contribution >= 0.6 is 23.2 Å². The topological polar surface area (TPSA) is 47.6 Å². The van der Waals surface area contributed by atoms with E-state index in [2.05, 4.69) is 0 Å². The molecule has 0 amide bonds. The lowest BCUT2D eigenvalue weighted by molar-refractivity contribution is 1.52. The van der Waals surface area contributed by atoms with E-state index in [0.717, 1.165) is 11.1 Å². The van der Waals surface area contributed by atoms with Gasteiger partial charge in [-0.25, -0.2) is 0 Å². The van der Waals surface area contributed by atoms with Crippen LogP contribution in [0.15, 0.2) is 34.3 Å². The van der Waals surface area contributed by atoms with Gasteiger partial charge < -0.3 is 0 Å². The van der Waals surface area contributed by atoms with Gasteiger partial charge in [0, 0.05) is 0 Å². The summed E-state index contributed by atoms with van der Waals surface area (Å²) in [7, 11) is 0. The molecule has 1 rings (SSSR count). The monoisotopic (exact) mass is 248 g/mol. The van der Waals surface area contributed by atoms with Crippen LogP contribution < -0.4 is 0 Å². The van der Waals surface area contributed by atoms with Crippen molar-refractivity contribution in [2.24, 2.45) is 0 Å². The minimum atomic E-state index is 0.104. The molecule has 0 radical (unpaired) electrons. The van der Waals surface area contributed by atoms with E-state index in [1.54, 1.807) is 36.4 Å². The smallest absolute Gasteiger partial charge is 0.118 e. The van der Waals surface area contributed by atoms with Gasteiger partial charge in [-0.2, -0.15) is 10.5 Å². The maximum absolute atomic E-state index is 8.52.